The van der Waals surface area contributed by atoms with Gasteiger partial charge in [0.25, 0.3) is 0 Å². The minimum absolute atomic E-state index is 0.137. The lowest BCUT2D eigenvalue weighted by atomic mass is 10.2. The van der Waals surface area contributed by atoms with Crippen LogP contribution in [0.1, 0.15) is 37.4 Å². The third-order valence-corrected chi connectivity index (χ3v) is 4.80. The number of guanidine groups is 1. The number of hydrogen-bond donors (Lipinski definition) is 2. The van der Waals surface area contributed by atoms with Crippen molar-refractivity contribution in [1.29, 1.82) is 0 Å². The second-order valence-electron chi connectivity index (χ2n) is 5.62. The number of aliphatic imine (C=N–C) groups is 1. The van der Waals surface area contributed by atoms with Crippen molar-refractivity contribution in [1.82, 2.24) is 20.5 Å². The first kappa shape index (κ1) is 19.0. The molecule has 1 atom stereocenters. The number of thiazole rings is 1. The first-order chi connectivity index (χ1) is 11.4. The van der Waals surface area contributed by atoms with Crippen molar-refractivity contribution in [3.8, 4) is 0 Å². The van der Waals surface area contributed by atoms with Gasteiger partial charge in [0.2, 0.25) is 0 Å². The van der Waals surface area contributed by atoms with Crippen LogP contribution in [-0.4, -0.2) is 48.1 Å². The molecule has 136 valence electrons. The van der Waals surface area contributed by atoms with E-state index in [1.807, 2.05) is 6.92 Å². The molecule has 9 heteroatoms. The number of halogens is 3. The number of hydrogen-bond acceptors (Lipinski definition) is 4. The molecule has 2 N–H and O–H groups in total. The van der Waals surface area contributed by atoms with Gasteiger partial charge in [-0.25, -0.2) is 9.98 Å². The van der Waals surface area contributed by atoms with Gasteiger partial charge in [-0.15, -0.1) is 11.3 Å². The minimum Gasteiger partial charge on any atom is -0.357 e. The first-order valence-electron chi connectivity index (χ1n) is 8.21. The van der Waals surface area contributed by atoms with Gasteiger partial charge < -0.3 is 10.6 Å². The summed E-state index contributed by atoms with van der Waals surface area (Å²) in [5, 5.41) is 7.80. The Morgan fingerprint density at radius 1 is 1.42 bits per heavy atom. The molecule has 0 saturated carbocycles. The van der Waals surface area contributed by atoms with Gasteiger partial charge in [0, 0.05) is 24.5 Å². The molecule has 2 heterocycles. The van der Waals surface area contributed by atoms with Crippen LogP contribution in [0.5, 0.6) is 0 Å². The molecule has 0 aromatic carbocycles. The Bertz CT molecular complexity index is 543. The maximum atomic E-state index is 12.6. The van der Waals surface area contributed by atoms with Crippen LogP contribution in [0.3, 0.4) is 0 Å². The molecule has 0 radical (unpaired) electrons. The smallest absolute Gasteiger partial charge is 0.357 e. The highest BCUT2D eigenvalue weighted by Gasteiger charge is 2.33. The second-order valence-corrected chi connectivity index (χ2v) is 6.57. The maximum Gasteiger partial charge on any atom is 0.434 e. The number of likely N-dealkylation sites (tertiary alicyclic amines) is 1. The van der Waals surface area contributed by atoms with Crippen molar-refractivity contribution in [2.45, 2.75) is 45.5 Å². The van der Waals surface area contributed by atoms with Gasteiger partial charge in [0.15, 0.2) is 11.7 Å². The molecule has 0 aliphatic carbocycles. The molecular weight excluding hydrogens is 339 g/mol. The summed E-state index contributed by atoms with van der Waals surface area (Å²) in [4.78, 5) is 10.4. The van der Waals surface area contributed by atoms with E-state index in [1.54, 1.807) is 0 Å². The number of aromatic nitrogens is 1. The number of alkyl halides is 3. The summed E-state index contributed by atoms with van der Waals surface area (Å²) in [7, 11) is 0. The topological polar surface area (TPSA) is 52.6 Å². The maximum absolute atomic E-state index is 12.6. The highest BCUT2D eigenvalue weighted by Crippen LogP contribution is 2.30. The zero-order chi connectivity index (χ0) is 17.6. The van der Waals surface area contributed by atoms with E-state index in [1.165, 1.54) is 6.42 Å². The molecule has 1 aromatic rings. The normalized spacial score (nSPS) is 19.7. The Balaban J connectivity index is 1.91. The van der Waals surface area contributed by atoms with Crippen LogP contribution in [0.2, 0.25) is 0 Å². The Hall–Kier alpha value is -1.35. The molecule has 1 aliphatic rings. The van der Waals surface area contributed by atoms with E-state index >= 15 is 0 Å². The molecule has 5 nitrogen and oxygen atoms in total. The van der Waals surface area contributed by atoms with Crippen molar-refractivity contribution in [3.63, 3.8) is 0 Å². The molecule has 1 aliphatic heterocycles. The summed E-state index contributed by atoms with van der Waals surface area (Å²) < 4.78 is 37.7. The minimum atomic E-state index is -4.40. The van der Waals surface area contributed by atoms with Gasteiger partial charge >= 0.3 is 6.18 Å². The molecule has 2 rings (SSSR count). The monoisotopic (exact) mass is 363 g/mol. The van der Waals surface area contributed by atoms with Crippen molar-refractivity contribution < 1.29 is 13.2 Å². The van der Waals surface area contributed by atoms with E-state index in [4.69, 9.17) is 0 Å². The summed E-state index contributed by atoms with van der Waals surface area (Å²) in [6.07, 6.45) is -2.04. The van der Waals surface area contributed by atoms with Crippen molar-refractivity contribution >= 4 is 17.3 Å². The average Bonchev–Trinajstić information content (AvgIpc) is 3.18. The van der Waals surface area contributed by atoms with Crippen molar-refractivity contribution in [3.05, 3.63) is 16.1 Å². The van der Waals surface area contributed by atoms with Crippen LogP contribution < -0.4 is 10.6 Å². The molecule has 0 spiro atoms. The first-order valence-corrected chi connectivity index (χ1v) is 9.09. The van der Waals surface area contributed by atoms with E-state index < -0.39 is 11.9 Å². The van der Waals surface area contributed by atoms with Crippen molar-refractivity contribution in [2.75, 3.05) is 26.2 Å². The van der Waals surface area contributed by atoms with Gasteiger partial charge in [-0.2, -0.15) is 13.2 Å². The zero-order valence-corrected chi connectivity index (χ0v) is 14.8. The highest BCUT2D eigenvalue weighted by molar-refractivity contribution is 7.09. The van der Waals surface area contributed by atoms with Crippen LogP contribution in [0, 0.1) is 0 Å². The van der Waals surface area contributed by atoms with Gasteiger partial charge in [0.05, 0.1) is 6.54 Å². The Kier molecular flexibility index (Phi) is 6.85. The van der Waals surface area contributed by atoms with E-state index in [2.05, 4.69) is 32.4 Å². The van der Waals surface area contributed by atoms with E-state index in [9.17, 15) is 13.2 Å². The van der Waals surface area contributed by atoms with E-state index in [0.717, 1.165) is 42.8 Å². The molecule has 0 bridgehead atoms. The molecule has 1 unspecified atom stereocenters. The Morgan fingerprint density at radius 2 is 2.21 bits per heavy atom. The summed E-state index contributed by atoms with van der Waals surface area (Å²) in [5.41, 5.74) is -0.847. The summed E-state index contributed by atoms with van der Waals surface area (Å²) in [6, 6.07) is 0.482. The highest BCUT2D eigenvalue weighted by atomic mass is 32.1. The van der Waals surface area contributed by atoms with Crippen molar-refractivity contribution in [2.24, 2.45) is 4.99 Å². The standard InChI is InChI=1S/C15H24F3N5S/c1-3-19-14(20-8-11-6-5-7-23(11)4-2)21-9-13-22-12(10-24-13)15(16,17)18/h10-11H,3-9H2,1-2H3,(H2,19,20,21). The Labute approximate surface area is 144 Å². The summed E-state index contributed by atoms with van der Waals surface area (Å²) in [6.45, 7) is 7.87. The SMILES string of the molecule is CCNC(=NCc1nc(C(F)(F)F)cs1)NCC1CCCN1CC. The molecule has 1 aromatic heterocycles. The molecule has 24 heavy (non-hydrogen) atoms. The molecule has 0 amide bonds. The Morgan fingerprint density at radius 3 is 2.83 bits per heavy atom. The lowest BCUT2D eigenvalue weighted by Crippen LogP contribution is -2.44. The van der Waals surface area contributed by atoms with Crippen LogP contribution in [-0.2, 0) is 12.7 Å². The zero-order valence-electron chi connectivity index (χ0n) is 14.0. The van der Waals surface area contributed by atoms with Gasteiger partial charge in [-0.05, 0) is 32.9 Å². The summed E-state index contributed by atoms with van der Waals surface area (Å²) >= 11 is 0.982. The summed E-state index contributed by atoms with van der Waals surface area (Å²) in [5.74, 6) is 0.615. The quantitative estimate of drug-likeness (QED) is 0.603. The molecule has 1 fully saturated rings. The number of nitrogens with one attached hydrogen (secondary N) is 2. The second kappa shape index (κ2) is 8.66. The van der Waals surface area contributed by atoms with Gasteiger partial charge in [0.1, 0.15) is 5.01 Å². The van der Waals surface area contributed by atoms with Crippen LogP contribution in [0.15, 0.2) is 10.4 Å². The number of rotatable bonds is 6. The fourth-order valence-electron chi connectivity index (χ4n) is 2.76. The average molecular weight is 363 g/mol. The third-order valence-electron chi connectivity index (χ3n) is 3.97. The predicted molar refractivity (Wildman–Crippen MR) is 90.2 cm³/mol. The molecular formula is C15H24F3N5S. The number of likely N-dealkylation sites (N-methyl/N-ethyl adjacent to an activating group) is 1. The third kappa shape index (κ3) is 5.34. The predicted octanol–water partition coefficient (Wildman–Crippen LogP) is 2.70. The van der Waals surface area contributed by atoms with Crippen LogP contribution in [0.25, 0.3) is 0 Å². The molecule has 1 saturated heterocycles. The fourth-order valence-corrected chi connectivity index (χ4v) is 3.48. The fraction of sp³-hybridized carbons (Fsp3) is 0.733. The van der Waals surface area contributed by atoms with Crippen LogP contribution in [0.4, 0.5) is 13.2 Å². The lowest BCUT2D eigenvalue weighted by molar-refractivity contribution is -0.140. The van der Waals surface area contributed by atoms with E-state index in [0.29, 0.717) is 23.6 Å². The lowest BCUT2D eigenvalue weighted by Gasteiger charge is -2.23. The van der Waals surface area contributed by atoms with E-state index in [-0.39, 0.29) is 6.54 Å². The van der Waals surface area contributed by atoms with Crippen LogP contribution >= 0.6 is 11.3 Å². The number of nitrogens with zero attached hydrogens (tertiary/aromatic N) is 3. The van der Waals surface area contributed by atoms with Gasteiger partial charge in [-0.1, -0.05) is 6.92 Å². The van der Waals surface area contributed by atoms with Gasteiger partial charge in [-0.3, -0.25) is 4.90 Å². The largest absolute Gasteiger partial charge is 0.434 e.